The second-order valence-corrected chi connectivity index (χ2v) is 7.12. The average molecular weight is 415 g/mol. The van der Waals surface area contributed by atoms with Crippen molar-refractivity contribution >= 4 is 33.7 Å². The molecule has 0 saturated carbocycles. The van der Waals surface area contributed by atoms with Gasteiger partial charge in [0.1, 0.15) is 17.4 Å². The van der Waals surface area contributed by atoms with E-state index in [1.54, 1.807) is 36.4 Å². The number of carbonyl (C=O) groups excluding carboxylic acids is 1. The molecule has 0 unspecified atom stereocenters. The molecule has 0 spiro atoms. The monoisotopic (exact) mass is 414 g/mol. The SMILES string of the molecule is CCN(CC)c1ccc(N/C=C(/C#N)C(=O)Nc2cccc3c(O)cccc23)c(C)c1. The second kappa shape index (κ2) is 9.68. The first-order chi connectivity index (χ1) is 15.0. The lowest BCUT2D eigenvalue weighted by molar-refractivity contribution is -0.112. The molecule has 6 heteroatoms. The Morgan fingerprint density at radius 1 is 1.06 bits per heavy atom. The van der Waals surface area contributed by atoms with Crippen molar-refractivity contribution in [2.45, 2.75) is 20.8 Å². The Kier molecular flexibility index (Phi) is 6.78. The Hall–Kier alpha value is -3.98. The molecule has 31 heavy (non-hydrogen) atoms. The number of nitrogens with one attached hydrogen (secondary N) is 2. The van der Waals surface area contributed by atoms with Crippen LogP contribution in [0.2, 0.25) is 0 Å². The van der Waals surface area contributed by atoms with Gasteiger partial charge < -0.3 is 20.6 Å². The van der Waals surface area contributed by atoms with Gasteiger partial charge in [0.15, 0.2) is 0 Å². The van der Waals surface area contributed by atoms with Crippen LogP contribution in [-0.2, 0) is 4.79 Å². The molecule has 158 valence electrons. The van der Waals surface area contributed by atoms with Crippen LogP contribution >= 0.6 is 0 Å². The standard InChI is InChI=1S/C25H26N4O2/c1-4-29(5-2)19-12-13-22(17(3)14-19)27-16-18(15-26)25(31)28-23-10-6-9-21-20(23)8-7-11-24(21)30/h6-14,16,27,30H,4-5H2,1-3H3,(H,28,31)/b18-16-. The van der Waals surface area contributed by atoms with Crippen molar-refractivity contribution in [3.05, 3.63) is 71.9 Å². The van der Waals surface area contributed by atoms with Gasteiger partial charge in [-0.15, -0.1) is 0 Å². The number of amides is 1. The van der Waals surface area contributed by atoms with Crippen LogP contribution in [0.1, 0.15) is 19.4 Å². The van der Waals surface area contributed by atoms with Crippen molar-refractivity contribution in [1.82, 2.24) is 0 Å². The summed E-state index contributed by atoms with van der Waals surface area (Å²) in [5, 5.41) is 26.7. The number of hydrogen-bond donors (Lipinski definition) is 3. The maximum Gasteiger partial charge on any atom is 0.267 e. The topological polar surface area (TPSA) is 88.4 Å². The molecule has 3 rings (SSSR count). The maximum atomic E-state index is 12.7. The van der Waals surface area contributed by atoms with Gasteiger partial charge in [0.05, 0.1) is 0 Å². The van der Waals surface area contributed by atoms with E-state index in [0.29, 0.717) is 16.5 Å². The van der Waals surface area contributed by atoms with Gasteiger partial charge in [-0.2, -0.15) is 5.26 Å². The largest absolute Gasteiger partial charge is 0.507 e. The summed E-state index contributed by atoms with van der Waals surface area (Å²) in [6.45, 7) is 8.06. The second-order valence-electron chi connectivity index (χ2n) is 7.12. The molecule has 0 aliphatic heterocycles. The van der Waals surface area contributed by atoms with Crippen molar-refractivity contribution in [3.8, 4) is 11.8 Å². The number of benzene rings is 3. The van der Waals surface area contributed by atoms with E-state index in [9.17, 15) is 15.2 Å². The number of aryl methyl sites for hydroxylation is 1. The molecule has 0 bridgehead atoms. The summed E-state index contributed by atoms with van der Waals surface area (Å²) in [4.78, 5) is 14.9. The van der Waals surface area contributed by atoms with Crippen LogP contribution in [0.5, 0.6) is 5.75 Å². The molecule has 0 aromatic heterocycles. The van der Waals surface area contributed by atoms with E-state index < -0.39 is 5.91 Å². The minimum absolute atomic E-state index is 0.0515. The molecule has 0 radical (unpaired) electrons. The summed E-state index contributed by atoms with van der Waals surface area (Å²) in [5.41, 5.74) is 3.45. The zero-order chi connectivity index (χ0) is 22.4. The molecule has 0 aliphatic rings. The van der Waals surface area contributed by atoms with Gasteiger partial charge in [-0.1, -0.05) is 24.3 Å². The first-order valence-corrected chi connectivity index (χ1v) is 10.2. The number of nitriles is 1. The van der Waals surface area contributed by atoms with Gasteiger partial charge in [0.25, 0.3) is 5.91 Å². The van der Waals surface area contributed by atoms with Crippen LogP contribution in [0.4, 0.5) is 17.1 Å². The van der Waals surface area contributed by atoms with Crippen LogP contribution in [0.25, 0.3) is 10.8 Å². The first kappa shape index (κ1) is 21.7. The molecular formula is C25H26N4O2. The van der Waals surface area contributed by atoms with E-state index in [-0.39, 0.29) is 11.3 Å². The fraction of sp³-hybridized carbons (Fsp3) is 0.200. The molecule has 3 aromatic carbocycles. The zero-order valence-electron chi connectivity index (χ0n) is 17.9. The Morgan fingerprint density at radius 2 is 1.77 bits per heavy atom. The van der Waals surface area contributed by atoms with Crippen molar-refractivity contribution in [3.63, 3.8) is 0 Å². The molecule has 3 N–H and O–H groups in total. The minimum Gasteiger partial charge on any atom is -0.507 e. The van der Waals surface area contributed by atoms with Crippen LogP contribution in [0, 0.1) is 18.3 Å². The van der Waals surface area contributed by atoms with Crippen LogP contribution in [0.3, 0.4) is 0 Å². The maximum absolute atomic E-state index is 12.7. The fourth-order valence-corrected chi connectivity index (χ4v) is 3.49. The number of anilines is 3. The van der Waals surface area contributed by atoms with E-state index in [2.05, 4.69) is 35.4 Å². The molecule has 1 amide bonds. The summed E-state index contributed by atoms with van der Waals surface area (Å²) in [5.74, 6) is -0.391. The van der Waals surface area contributed by atoms with E-state index in [1.807, 2.05) is 25.1 Å². The number of phenolic OH excluding ortho intramolecular Hbond substituents is 1. The van der Waals surface area contributed by atoms with Gasteiger partial charge in [-0.05, 0) is 56.7 Å². The summed E-state index contributed by atoms with van der Waals surface area (Å²) in [6.07, 6.45) is 1.41. The number of carbonyl (C=O) groups is 1. The van der Waals surface area contributed by atoms with Crippen molar-refractivity contribution in [1.29, 1.82) is 5.26 Å². The van der Waals surface area contributed by atoms with E-state index in [1.165, 1.54) is 6.20 Å². The fourth-order valence-electron chi connectivity index (χ4n) is 3.49. The number of rotatable bonds is 7. The normalized spacial score (nSPS) is 11.1. The van der Waals surface area contributed by atoms with Crippen LogP contribution in [0.15, 0.2) is 66.4 Å². The van der Waals surface area contributed by atoms with Gasteiger partial charge in [0, 0.05) is 47.1 Å². The molecule has 0 saturated heterocycles. The third-order valence-corrected chi connectivity index (χ3v) is 5.22. The van der Waals surface area contributed by atoms with Gasteiger partial charge >= 0.3 is 0 Å². The highest BCUT2D eigenvalue weighted by Gasteiger charge is 2.12. The molecule has 3 aromatic rings. The summed E-state index contributed by atoms with van der Waals surface area (Å²) in [6, 6.07) is 18.3. The quantitative estimate of drug-likeness (QED) is 0.367. The summed E-state index contributed by atoms with van der Waals surface area (Å²) < 4.78 is 0. The van der Waals surface area contributed by atoms with E-state index in [4.69, 9.17) is 0 Å². The molecular weight excluding hydrogens is 388 g/mol. The van der Waals surface area contributed by atoms with Crippen molar-refractivity contribution in [2.75, 3.05) is 28.6 Å². The third kappa shape index (κ3) is 4.78. The number of fused-ring (bicyclic) bond motifs is 1. The predicted molar refractivity (Wildman–Crippen MR) is 126 cm³/mol. The van der Waals surface area contributed by atoms with Gasteiger partial charge in [-0.3, -0.25) is 4.79 Å². The Bertz CT molecular complexity index is 1170. The van der Waals surface area contributed by atoms with E-state index in [0.717, 1.165) is 30.0 Å². The molecule has 0 heterocycles. The highest BCUT2D eigenvalue weighted by molar-refractivity contribution is 6.11. The minimum atomic E-state index is -0.525. The summed E-state index contributed by atoms with van der Waals surface area (Å²) >= 11 is 0. The highest BCUT2D eigenvalue weighted by atomic mass is 16.3. The molecule has 6 nitrogen and oxygen atoms in total. The van der Waals surface area contributed by atoms with Gasteiger partial charge in [0.2, 0.25) is 0 Å². The highest BCUT2D eigenvalue weighted by Crippen LogP contribution is 2.30. The molecule has 0 aliphatic carbocycles. The predicted octanol–water partition coefficient (Wildman–Crippen LogP) is 5.16. The average Bonchev–Trinajstić information content (AvgIpc) is 2.77. The number of phenols is 1. The number of hydrogen-bond acceptors (Lipinski definition) is 5. The lowest BCUT2D eigenvalue weighted by Crippen LogP contribution is -2.21. The smallest absolute Gasteiger partial charge is 0.267 e. The van der Waals surface area contributed by atoms with Crippen molar-refractivity contribution < 1.29 is 9.90 Å². The van der Waals surface area contributed by atoms with Crippen LogP contribution in [-0.4, -0.2) is 24.1 Å². The first-order valence-electron chi connectivity index (χ1n) is 10.2. The van der Waals surface area contributed by atoms with E-state index >= 15 is 0 Å². The zero-order valence-corrected chi connectivity index (χ0v) is 17.9. The number of nitrogens with zero attached hydrogens (tertiary/aromatic N) is 2. The Morgan fingerprint density at radius 3 is 2.45 bits per heavy atom. The van der Waals surface area contributed by atoms with Crippen LogP contribution < -0.4 is 15.5 Å². The van der Waals surface area contributed by atoms with Crippen molar-refractivity contribution in [2.24, 2.45) is 0 Å². The third-order valence-electron chi connectivity index (χ3n) is 5.22. The molecule has 0 atom stereocenters. The lowest BCUT2D eigenvalue weighted by atomic mass is 10.1. The van der Waals surface area contributed by atoms with Gasteiger partial charge in [-0.25, -0.2) is 0 Å². The Labute approximate surface area is 182 Å². The lowest BCUT2D eigenvalue weighted by Gasteiger charge is -2.22. The Balaban J connectivity index is 1.79. The summed E-state index contributed by atoms with van der Waals surface area (Å²) in [7, 11) is 0. The number of aromatic hydroxyl groups is 1. The molecule has 0 fully saturated rings.